The predicted molar refractivity (Wildman–Crippen MR) is 122 cm³/mol. The second-order valence-electron chi connectivity index (χ2n) is 7.31. The first-order valence-electron chi connectivity index (χ1n) is 9.73. The zero-order chi connectivity index (χ0) is 20.1. The quantitative estimate of drug-likeness (QED) is 0.365. The molecule has 0 atom stereocenters. The Morgan fingerprint density at radius 1 is 0.667 bits per heavy atom. The van der Waals surface area contributed by atoms with Gasteiger partial charge in [0.2, 0.25) is 0 Å². The van der Waals surface area contributed by atoms with Crippen LogP contribution < -0.4 is 0 Å². The Labute approximate surface area is 172 Å². The number of para-hydroxylation sites is 2. The van der Waals surface area contributed by atoms with Gasteiger partial charge >= 0.3 is 0 Å². The van der Waals surface area contributed by atoms with Gasteiger partial charge in [-0.25, -0.2) is 9.97 Å². The SMILES string of the molecule is C#Cc1cc2ccc(-c3cc4ccccc4[nH]3)nc2nc1-c1cc2ccccc2[nH]1. The summed E-state index contributed by atoms with van der Waals surface area (Å²) in [6.45, 7) is 0. The zero-order valence-electron chi connectivity index (χ0n) is 16.0. The van der Waals surface area contributed by atoms with Crippen LogP contribution in [0, 0.1) is 12.3 Å². The lowest BCUT2D eigenvalue weighted by Crippen LogP contribution is -1.94. The first-order valence-corrected chi connectivity index (χ1v) is 9.73. The molecule has 2 N–H and O–H groups in total. The molecule has 0 aliphatic heterocycles. The van der Waals surface area contributed by atoms with Crippen molar-refractivity contribution in [3.8, 4) is 35.1 Å². The minimum atomic E-state index is 0.666. The number of fused-ring (bicyclic) bond motifs is 3. The third-order valence-corrected chi connectivity index (χ3v) is 5.42. The van der Waals surface area contributed by atoms with Crippen LogP contribution >= 0.6 is 0 Å². The average Bonchev–Trinajstić information content (AvgIpc) is 3.42. The van der Waals surface area contributed by atoms with Crippen LogP contribution in [0.25, 0.3) is 55.6 Å². The molecular weight excluding hydrogens is 368 g/mol. The lowest BCUT2D eigenvalue weighted by atomic mass is 10.1. The maximum Gasteiger partial charge on any atom is 0.160 e. The van der Waals surface area contributed by atoms with Crippen LogP contribution in [-0.4, -0.2) is 19.9 Å². The van der Waals surface area contributed by atoms with Crippen LogP contribution in [0.15, 0.2) is 78.9 Å². The van der Waals surface area contributed by atoms with E-state index in [0.717, 1.165) is 55.5 Å². The summed E-state index contributed by atoms with van der Waals surface area (Å²) in [5.74, 6) is 2.78. The first-order chi connectivity index (χ1) is 14.8. The van der Waals surface area contributed by atoms with Gasteiger partial charge in [0.15, 0.2) is 5.65 Å². The molecule has 4 aromatic heterocycles. The Morgan fingerprint density at radius 2 is 1.33 bits per heavy atom. The first kappa shape index (κ1) is 16.6. The van der Waals surface area contributed by atoms with Gasteiger partial charge in [-0.2, -0.15) is 0 Å². The third-order valence-electron chi connectivity index (χ3n) is 5.42. The van der Waals surface area contributed by atoms with Crippen LogP contribution in [0.5, 0.6) is 0 Å². The molecule has 0 spiro atoms. The smallest absolute Gasteiger partial charge is 0.160 e. The summed E-state index contributed by atoms with van der Waals surface area (Å²) in [5.41, 5.74) is 7.00. The second kappa shape index (κ2) is 6.33. The molecule has 6 rings (SSSR count). The number of nitrogens with zero attached hydrogens (tertiary/aromatic N) is 2. The molecule has 0 aliphatic carbocycles. The van der Waals surface area contributed by atoms with Crippen molar-refractivity contribution in [1.82, 2.24) is 19.9 Å². The number of hydrogen-bond acceptors (Lipinski definition) is 2. The van der Waals surface area contributed by atoms with Gasteiger partial charge in [-0.3, -0.25) is 0 Å². The molecule has 30 heavy (non-hydrogen) atoms. The maximum absolute atomic E-state index is 5.81. The molecule has 2 aromatic carbocycles. The van der Waals surface area contributed by atoms with E-state index < -0.39 is 0 Å². The number of aromatic nitrogens is 4. The molecule has 0 bridgehead atoms. The highest BCUT2D eigenvalue weighted by Gasteiger charge is 2.13. The van der Waals surface area contributed by atoms with Crippen molar-refractivity contribution in [2.24, 2.45) is 0 Å². The third kappa shape index (κ3) is 2.57. The average molecular weight is 384 g/mol. The number of nitrogens with one attached hydrogen (secondary N) is 2. The molecule has 6 aromatic rings. The van der Waals surface area contributed by atoms with Gasteiger partial charge in [-0.15, -0.1) is 6.42 Å². The Kier molecular flexibility index (Phi) is 3.50. The Balaban J connectivity index is 1.54. The van der Waals surface area contributed by atoms with Crippen molar-refractivity contribution >= 4 is 32.8 Å². The molecule has 4 nitrogen and oxygen atoms in total. The van der Waals surface area contributed by atoms with Crippen LogP contribution in [0.1, 0.15) is 5.56 Å². The van der Waals surface area contributed by atoms with E-state index in [1.54, 1.807) is 0 Å². The molecule has 0 amide bonds. The summed E-state index contributed by atoms with van der Waals surface area (Å²) >= 11 is 0. The van der Waals surface area contributed by atoms with Gasteiger partial charge in [0, 0.05) is 27.2 Å². The van der Waals surface area contributed by atoms with E-state index in [-0.39, 0.29) is 0 Å². The molecule has 0 saturated heterocycles. The van der Waals surface area contributed by atoms with Crippen LogP contribution in [0.4, 0.5) is 0 Å². The molecule has 0 saturated carbocycles. The van der Waals surface area contributed by atoms with Gasteiger partial charge in [0.05, 0.1) is 22.6 Å². The predicted octanol–water partition coefficient (Wildman–Crippen LogP) is 5.91. The lowest BCUT2D eigenvalue weighted by Gasteiger charge is -2.06. The normalized spacial score (nSPS) is 11.3. The van der Waals surface area contributed by atoms with E-state index in [0.29, 0.717) is 5.65 Å². The van der Waals surface area contributed by atoms with Gasteiger partial charge in [-0.1, -0.05) is 42.3 Å². The summed E-state index contributed by atoms with van der Waals surface area (Å²) in [6, 6.07) is 26.5. The number of H-pyrrole nitrogens is 2. The molecule has 4 heterocycles. The summed E-state index contributed by atoms with van der Waals surface area (Å²) in [5, 5.41) is 3.20. The van der Waals surface area contributed by atoms with E-state index in [9.17, 15) is 0 Å². The lowest BCUT2D eigenvalue weighted by molar-refractivity contribution is 1.25. The molecule has 0 unspecified atom stereocenters. The largest absolute Gasteiger partial charge is 0.353 e. The van der Waals surface area contributed by atoms with Crippen molar-refractivity contribution < 1.29 is 0 Å². The van der Waals surface area contributed by atoms with Crippen molar-refractivity contribution in [1.29, 1.82) is 0 Å². The van der Waals surface area contributed by atoms with E-state index in [4.69, 9.17) is 16.4 Å². The minimum absolute atomic E-state index is 0.666. The summed E-state index contributed by atoms with van der Waals surface area (Å²) < 4.78 is 0. The highest BCUT2D eigenvalue weighted by atomic mass is 14.9. The standard InChI is InChI=1S/C26H16N4/c1-2-16-13-19-11-12-22(23-14-17-7-3-5-9-20(17)27-23)29-26(19)30-25(16)24-15-18-8-4-6-10-21(18)28-24/h1,3-15,27-28H. The Bertz CT molecular complexity index is 1550. The number of pyridine rings is 2. The minimum Gasteiger partial charge on any atom is -0.353 e. The van der Waals surface area contributed by atoms with Gasteiger partial charge in [-0.05, 0) is 42.5 Å². The number of rotatable bonds is 2. The highest BCUT2D eigenvalue weighted by Crippen LogP contribution is 2.29. The fourth-order valence-electron chi connectivity index (χ4n) is 3.93. The Morgan fingerprint density at radius 3 is 2.03 bits per heavy atom. The summed E-state index contributed by atoms with van der Waals surface area (Å²) in [4.78, 5) is 16.5. The molecular formula is C26H16N4. The number of hydrogen-bond donors (Lipinski definition) is 2. The van der Waals surface area contributed by atoms with Gasteiger partial charge < -0.3 is 9.97 Å². The van der Waals surface area contributed by atoms with E-state index in [1.165, 1.54) is 0 Å². The summed E-state index contributed by atoms with van der Waals surface area (Å²) in [7, 11) is 0. The molecule has 0 radical (unpaired) electrons. The second-order valence-corrected chi connectivity index (χ2v) is 7.31. The monoisotopic (exact) mass is 384 g/mol. The highest BCUT2D eigenvalue weighted by molar-refractivity contribution is 5.90. The van der Waals surface area contributed by atoms with Crippen molar-refractivity contribution in [3.63, 3.8) is 0 Å². The molecule has 140 valence electrons. The molecule has 4 heteroatoms. The van der Waals surface area contributed by atoms with Crippen molar-refractivity contribution in [2.45, 2.75) is 0 Å². The molecule has 0 aliphatic rings. The van der Waals surface area contributed by atoms with Crippen LogP contribution in [-0.2, 0) is 0 Å². The Hall–Kier alpha value is -4.36. The van der Waals surface area contributed by atoms with Crippen LogP contribution in [0.2, 0.25) is 0 Å². The van der Waals surface area contributed by atoms with Gasteiger partial charge in [0.25, 0.3) is 0 Å². The molecule has 0 fully saturated rings. The number of aromatic amines is 2. The van der Waals surface area contributed by atoms with Crippen molar-refractivity contribution in [2.75, 3.05) is 0 Å². The van der Waals surface area contributed by atoms with E-state index in [2.05, 4.69) is 46.2 Å². The summed E-state index contributed by atoms with van der Waals surface area (Å²) in [6.07, 6.45) is 5.81. The van der Waals surface area contributed by atoms with E-state index in [1.807, 2.05) is 48.5 Å². The zero-order valence-corrected chi connectivity index (χ0v) is 16.0. The number of benzene rings is 2. The van der Waals surface area contributed by atoms with E-state index >= 15 is 0 Å². The maximum atomic E-state index is 5.81. The fourth-order valence-corrected chi connectivity index (χ4v) is 3.93. The fraction of sp³-hybridized carbons (Fsp3) is 0. The van der Waals surface area contributed by atoms with Gasteiger partial charge in [0.1, 0.15) is 5.69 Å². The van der Waals surface area contributed by atoms with Crippen LogP contribution in [0.3, 0.4) is 0 Å². The number of terminal acetylenes is 1. The topological polar surface area (TPSA) is 57.4 Å². The van der Waals surface area contributed by atoms with Crippen molar-refractivity contribution in [3.05, 3.63) is 84.4 Å².